The van der Waals surface area contributed by atoms with Gasteiger partial charge in [-0.3, -0.25) is 4.90 Å². The second-order valence-electron chi connectivity index (χ2n) is 5.49. The summed E-state index contributed by atoms with van der Waals surface area (Å²) in [4.78, 5) is 2.52. The quantitative estimate of drug-likeness (QED) is 0.901. The smallest absolute Gasteiger partial charge is 0.0673 e. The number of ether oxygens (including phenoxy) is 1. The molecule has 2 unspecified atom stereocenters. The molecule has 1 N–H and O–H groups in total. The number of nitrogens with one attached hydrogen (secondary N) is 1. The summed E-state index contributed by atoms with van der Waals surface area (Å²) in [5.41, 5.74) is 2.77. The van der Waals surface area contributed by atoms with E-state index in [1.54, 1.807) is 0 Å². The summed E-state index contributed by atoms with van der Waals surface area (Å²) in [6.07, 6.45) is 1.48. The molecule has 1 aliphatic heterocycles. The van der Waals surface area contributed by atoms with Gasteiger partial charge in [-0.05, 0) is 38.4 Å². The Hall–Kier alpha value is -0.900. The Bertz CT molecular complexity index is 394. The van der Waals surface area contributed by atoms with Crippen LogP contribution in [0.25, 0.3) is 0 Å². The highest BCUT2D eigenvalue weighted by Gasteiger charge is 2.19. The van der Waals surface area contributed by atoms with Gasteiger partial charge in [-0.2, -0.15) is 0 Å². The molecule has 0 spiro atoms. The van der Waals surface area contributed by atoms with Crippen LogP contribution < -0.4 is 5.32 Å². The van der Waals surface area contributed by atoms with Crippen molar-refractivity contribution in [1.29, 1.82) is 0 Å². The first-order valence-electron chi connectivity index (χ1n) is 7.27. The lowest BCUT2D eigenvalue weighted by molar-refractivity contribution is 0.0665. The van der Waals surface area contributed by atoms with Gasteiger partial charge < -0.3 is 10.1 Å². The summed E-state index contributed by atoms with van der Waals surface area (Å²) < 4.78 is 5.72. The van der Waals surface area contributed by atoms with Crippen LogP contribution in [-0.2, 0) is 4.74 Å². The minimum absolute atomic E-state index is 0.344. The van der Waals surface area contributed by atoms with Crippen molar-refractivity contribution in [3.05, 3.63) is 35.4 Å². The van der Waals surface area contributed by atoms with Crippen LogP contribution in [0.3, 0.4) is 0 Å². The van der Waals surface area contributed by atoms with Crippen LogP contribution in [0.2, 0.25) is 0 Å². The third-order valence-electron chi connectivity index (χ3n) is 3.89. The lowest BCUT2D eigenvalue weighted by Gasteiger charge is -2.28. The Morgan fingerprint density at radius 1 is 1.42 bits per heavy atom. The van der Waals surface area contributed by atoms with Crippen molar-refractivity contribution in [2.24, 2.45) is 0 Å². The van der Waals surface area contributed by atoms with Crippen LogP contribution in [0.4, 0.5) is 0 Å². The van der Waals surface area contributed by atoms with Crippen molar-refractivity contribution in [1.82, 2.24) is 10.2 Å². The molecule has 0 bridgehead atoms. The highest BCUT2D eigenvalue weighted by atomic mass is 16.5. The zero-order valence-corrected chi connectivity index (χ0v) is 12.4. The molecule has 1 fully saturated rings. The van der Waals surface area contributed by atoms with E-state index in [2.05, 4.69) is 55.4 Å². The van der Waals surface area contributed by atoms with Gasteiger partial charge >= 0.3 is 0 Å². The summed E-state index contributed by atoms with van der Waals surface area (Å²) in [7, 11) is 2.05. The molecule has 1 heterocycles. The van der Waals surface area contributed by atoms with Gasteiger partial charge in [-0.15, -0.1) is 0 Å². The van der Waals surface area contributed by atoms with Crippen molar-refractivity contribution >= 4 is 0 Å². The third-order valence-corrected chi connectivity index (χ3v) is 3.89. The van der Waals surface area contributed by atoms with Crippen molar-refractivity contribution < 1.29 is 4.74 Å². The summed E-state index contributed by atoms with van der Waals surface area (Å²) in [6.45, 7) is 8.47. The Labute approximate surface area is 116 Å². The van der Waals surface area contributed by atoms with Crippen molar-refractivity contribution in [2.75, 3.05) is 33.3 Å². The van der Waals surface area contributed by atoms with Crippen LogP contribution in [0.5, 0.6) is 0 Å². The van der Waals surface area contributed by atoms with E-state index in [-0.39, 0.29) is 0 Å². The fraction of sp³-hybridized carbons (Fsp3) is 0.625. The fourth-order valence-electron chi connectivity index (χ4n) is 2.83. The Balaban J connectivity index is 2.04. The highest BCUT2D eigenvalue weighted by molar-refractivity contribution is 5.28. The summed E-state index contributed by atoms with van der Waals surface area (Å²) in [5, 5.41) is 3.46. The van der Waals surface area contributed by atoms with Crippen molar-refractivity contribution in [3.63, 3.8) is 0 Å². The van der Waals surface area contributed by atoms with E-state index in [1.807, 2.05) is 0 Å². The van der Waals surface area contributed by atoms with E-state index in [0.29, 0.717) is 12.1 Å². The number of benzene rings is 1. The van der Waals surface area contributed by atoms with Gasteiger partial charge in [0.2, 0.25) is 0 Å². The molecule has 2 atom stereocenters. The SMILES string of the molecule is CNC(CN1CCCOC(C)C1)c1ccccc1C. The molecule has 0 aliphatic carbocycles. The largest absolute Gasteiger partial charge is 0.377 e. The molecule has 0 aromatic heterocycles. The molecule has 1 aliphatic rings. The second-order valence-corrected chi connectivity index (χ2v) is 5.49. The summed E-state index contributed by atoms with van der Waals surface area (Å²) in [6, 6.07) is 9.04. The van der Waals surface area contributed by atoms with Gasteiger partial charge in [0.05, 0.1) is 6.10 Å². The zero-order valence-electron chi connectivity index (χ0n) is 12.4. The number of aryl methyl sites for hydroxylation is 1. The van der Waals surface area contributed by atoms with Gasteiger partial charge in [0.25, 0.3) is 0 Å². The van der Waals surface area contributed by atoms with Gasteiger partial charge in [0, 0.05) is 32.3 Å². The predicted octanol–water partition coefficient (Wildman–Crippen LogP) is 2.37. The lowest BCUT2D eigenvalue weighted by Crippen LogP contribution is -2.37. The van der Waals surface area contributed by atoms with Crippen LogP contribution in [0.1, 0.15) is 30.5 Å². The first-order chi connectivity index (χ1) is 9.20. The fourth-order valence-corrected chi connectivity index (χ4v) is 2.83. The van der Waals surface area contributed by atoms with E-state index in [0.717, 1.165) is 32.7 Å². The van der Waals surface area contributed by atoms with E-state index in [9.17, 15) is 0 Å². The van der Waals surface area contributed by atoms with E-state index >= 15 is 0 Å². The van der Waals surface area contributed by atoms with E-state index < -0.39 is 0 Å². The summed E-state index contributed by atoms with van der Waals surface area (Å²) >= 11 is 0. The molecular formula is C16H26N2O. The van der Waals surface area contributed by atoms with Crippen LogP contribution in [-0.4, -0.2) is 44.3 Å². The molecule has 106 valence electrons. The zero-order chi connectivity index (χ0) is 13.7. The highest BCUT2D eigenvalue weighted by Crippen LogP contribution is 2.19. The van der Waals surface area contributed by atoms with E-state index in [1.165, 1.54) is 11.1 Å². The van der Waals surface area contributed by atoms with Crippen molar-refractivity contribution in [2.45, 2.75) is 32.4 Å². The maximum Gasteiger partial charge on any atom is 0.0673 e. The van der Waals surface area contributed by atoms with Crippen molar-refractivity contribution in [3.8, 4) is 0 Å². The summed E-state index contributed by atoms with van der Waals surface area (Å²) in [5.74, 6) is 0. The standard InChI is InChI=1S/C16H26N2O/c1-13-7-4-5-8-15(13)16(17-3)12-18-9-6-10-19-14(2)11-18/h4-5,7-8,14,16-17H,6,9-12H2,1-3H3. The lowest BCUT2D eigenvalue weighted by atomic mass is 10.0. The topological polar surface area (TPSA) is 24.5 Å². The molecule has 1 saturated heterocycles. The molecule has 0 amide bonds. The maximum atomic E-state index is 5.72. The molecule has 0 radical (unpaired) electrons. The van der Waals surface area contributed by atoms with Gasteiger partial charge in [0.15, 0.2) is 0 Å². The van der Waals surface area contributed by atoms with Gasteiger partial charge in [-0.1, -0.05) is 24.3 Å². The molecule has 2 rings (SSSR count). The maximum absolute atomic E-state index is 5.72. The number of hydrogen-bond acceptors (Lipinski definition) is 3. The average Bonchev–Trinajstić information content (AvgIpc) is 2.61. The molecule has 3 nitrogen and oxygen atoms in total. The Morgan fingerprint density at radius 3 is 2.95 bits per heavy atom. The van der Waals surface area contributed by atoms with Gasteiger partial charge in [-0.25, -0.2) is 0 Å². The third kappa shape index (κ3) is 4.03. The first kappa shape index (κ1) is 14.5. The Morgan fingerprint density at radius 2 is 2.21 bits per heavy atom. The molecule has 19 heavy (non-hydrogen) atoms. The minimum Gasteiger partial charge on any atom is -0.377 e. The van der Waals surface area contributed by atoms with Crippen LogP contribution >= 0.6 is 0 Å². The number of rotatable bonds is 4. The number of nitrogens with zero attached hydrogens (tertiary/aromatic N) is 1. The molecule has 1 aromatic carbocycles. The van der Waals surface area contributed by atoms with Crippen LogP contribution in [0, 0.1) is 6.92 Å². The van der Waals surface area contributed by atoms with Crippen LogP contribution in [0.15, 0.2) is 24.3 Å². The van der Waals surface area contributed by atoms with Gasteiger partial charge in [0.1, 0.15) is 0 Å². The Kier molecular flexibility index (Phi) is 5.37. The second kappa shape index (κ2) is 7.04. The molecule has 1 aromatic rings. The minimum atomic E-state index is 0.344. The molecular weight excluding hydrogens is 236 g/mol. The normalized spacial score (nSPS) is 23.0. The first-order valence-corrected chi connectivity index (χ1v) is 7.27. The van der Waals surface area contributed by atoms with E-state index in [4.69, 9.17) is 4.74 Å². The molecule has 0 saturated carbocycles. The predicted molar refractivity (Wildman–Crippen MR) is 79.5 cm³/mol. The number of hydrogen-bond donors (Lipinski definition) is 1. The average molecular weight is 262 g/mol. The molecule has 3 heteroatoms. The monoisotopic (exact) mass is 262 g/mol. The number of likely N-dealkylation sites (N-methyl/N-ethyl adjacent to an activating group) is 1.